The van der Waals surface area contributed by atoms with Gasteiger partial charge in [0.2, 0.25) is 0 Å². The zero-order valence-electron chi connectivity index (χ0n) is 10.3. The fourth-order valence-electron chi connectivity index (χ4n) is 1.64. The molecule has 0 atom stereocenters. The maximum absolute atomic E-state index is 5.56. The van der Waals surface area contributed by atoms with E-state index in [0.29, 0.717) is 0 Å². The van der Waals surface area contributed by atoms with Gasteiger partial charge in [-0.25, -0.2) is 0 Å². The van der Waals surface area contributed by atoms with Crippen LogP contribution >= 0.6 is 0 Å². The molecule has 0 aliphatic carbocycles. The van der Waals surface area contributed by atoms with Gasteiger partial charge in [-0.1, -0.05) is 55.0 Å². The first-order valence-corrected chi connectivity index (χ1v) is 5.82. The third-order valence-electron chi connectivity index (χ3n) is 2.72. The lowest BCUT2D eigenvalue weighted by Crippen LogP contribution is -2.22. The Bertz CT molecular complexity index is 469. The molecule has 1 heteroatoms. The molecule has 0 aromatic heterocycles. The number of rotatable bonds is 4. The Morgan fingerprint density at radius 1 is 1.44 bits per heavy atom. The van der Waals surface area contributed by atoms with Crippen LogP contribution in [-0.4, -0.2) is 6.54 Å². The summed E-state index contributed by atoms with van der Waals surface area (Å²) in [5.74, 6) is 0. The third-order valence-corrected chi connectivity index (χ3v) is 2.72. The van der Waals surface area contributed by atoms with E-state index in [1.54, 1.807) is 0 Å². The molecule has 0 aliphatic rings. The lowest BCUT2D eigenvalue weighted by molar-refractivity contribution is 0.896. The van der Waals surface area contributed by atoms with Crippen molar-refractivity contribution in [2.75, 3.05) is 6.54 Å². The van der Waals surface area contributed by atoms with E-state index in [-0.39, 0.29) is 0 Å². The van der Waals surface area contributed by atoms with Crippen molar-refractivity contribution in [1.82, 2.24) is 0 Å². The topological polar surface area (TPSA) is 26.0 Å². The van der Waals surface area contributed by atoms with E-state index in [4.69, 9.17) is 5.73 Å². The minimum Gasteiger partial charge on any atom is -0.330 e. The first kappa shape index (κ1) is 12.7. The molecule has 0 fully saturated rings. The number of hydrogen-bond donors (Lipinski definition) is 1. The van der Waals surface area contributed by atoms with Crippen LogP contribution in [0.5, 0.6) is 0 Å². The molecule has 0 amide bonds. The summed E-state index contributed by atoms with van der Waals surface area (Å²) in [6, 6.07) is 6.31. The zero-order chi connectivity index (χ0) is 12.0. The fraction of sp³-hybridized carbons (Fsp3) is 0.333. The maximum atomic E-state index is 5.56. The summed E-state index contributed by atoms with van der Waals surface area (Å²) in [5.41, 5.74) is 8.22. The van der Waals surface area contributed by atoms with Crippen molar-refractivity contribution >= 4 is 12.7 Å². The Morgan fingerprint density at radius 3 is 2.81 bits per heavy atom. The van der Waals surface area contributed by atoms with Crippen LogP contribution in [0.4, 0.5) is 0 Å². The lowest BCUT2D eigenvalue weighted by Gasteiger charge is -1.99. The van der Waals surface area contributed by atoms with E-state index in [1.165, 1.54) is 16.4 Å². The molecule has 0 radical (unpaired) electrons. The molecule has 0 saturated carbocycles. The predicted octanol–water partition coefficient (Wildman–Crippen LogP) is 1.87. The van der Waals surface area contributed by atoms with Gasteiger partial charge in [-0.3, -0.25) is 0 Å². The van der Waals surface area contributed by atoms with E-state index >= 15 is 0 Å². The predicted molar refractivity (Wildman–Crippen MR) is 72.5 cm³/mol. The molecular formula is C15H21N. The van der Waals surface area contributed by atoms with Crippen LogP contribution in [0.3, 0.4) is 0 Å². The smallest absolute Gasteiger partial charge is 0.00398 e. The molecule has 1 nitrogen and oxygen atoms in total. The number of aryl methyl sites for hydroxylation is 1. The van der Waals surface area contributed by atoms with Crippen molar-refractivity contribution in [3.63, 3.8) is 0 Å². The second-order valence-electron chi connectivity index (χ2n) is 4.09. The number of benzene rings is 1. The molecule has 0 unspecified atom stereocenters. The van der Waals surface area contributed by atoms with Crippen LogP contribution in [0.15, 0.2) is 29.8 Å². The second kappa shape index (κ2) is 6.29. The van der Waals surface area contributed by atoms with Crippen LogP contribution in [0.25, 0.3) is 12.7 Å². The van der Waals surface area contributed by atoms with E-state index in [1.807, 2.05) is 0 Å². The van der Waals surface area contributed by atoms with Crippen molar-refractivity contribution in [3.05, 3.63) is 45.8 Å². The minimum atomic E-state index is 0.721. The second-order valence-corrected chi connectivity index (χ2v) is 4.09. The van der Waals surface area contributed by atoms with Crippen molar-refractivity contribution in [3.8, 4) is 0 Å². The van der Waals surface area contributed by atoms with Gasteiger partial charge in [0.25, 0.3) is 0 Å². The monoisotopic (exact) mass is 215 g/mol. The number of nitrogens with two attached hydrogens (primary N) is 1. The number of hydrogen-bond acceptors (Lipinski definition) is 1. The van der Waals surface area contributed by atoms with Gasteiger partial charge < -0.3 is 5.73 Å². The minimum absolute atomic E-state index is 0.721. The van der Waals surface area contributed by atoms with E-state index in [2.05, 4.69) is 50.8 Å². The van der Waals surface area contributed by atoms with Crippen molar-refractivity contribution in [2.45, 2.75) is 26.7 Å². The van der Waals surface area contributed by atoms with E-state index in [0.717, 1.165) is 24.6 Å². The number of allylic oxidation sites excluding steroid dienone is 1. The van der Waals surface area contributed by atoms with Crippen LogP contribution in [0.1, 0.15) is 25.3 Å². The van der Waals surface area contributed by atoms with Gasteiger partial charge in [-0.2, -0.15) is 0 Å². The van der Waals surface area contributed by atoms with Gasteiger partial charge in [0.1, 0.15) is 0 Å². The van der Waals surface area contributed by atoms with Crippen LogP contribution in [-0.2, 0) is 0 Å². The van der Waals surface area contributed by atoms with Gasteiger partial charge in [-0.05, 0) is 36.7 Å². The average Bonchev–Trinajstić information content (AvgIpc) is 2.28. The Kier molecular flexibility index (Phi) is 5.00. The van der Waals surface area contributed by atoms with Gasteiger partial charge in [0.15, 0.2) is 0 Å². The Hall–Kier alpha value is -1.34. The maximum Gasteiger partial charge on any atom is -0.00398 e. The average molecular weight is 215 g/mol. The lowest BCUT2D eigenvalue weighted by atomic mass is 10.1. The molecule has 2 N–H and O–H groups in total. The molecule has 16 heavy (non-hydrogen) atoms. The van der Waals surface area contributed by atoms with E-state index < -0.39 is 0 Å². The van der Waals surface area contributed by atoms with Gasteiger partial charge in [-0.15, -0.1) is 0 Å². The Labute approximate surface area is 98.0 Å². The largest absolute Gasteiger partial charge is 0.330 e. The molecule has 1 aromatic carbocycles. The van der Waals surface area contributed by atoms with Crippen molar-refractivity contribution in [2.24, 2.45) is 5.73 Å². The third kappa shape index (κ3) is 3.67. The zero-order valence-corrected chi connectivity index (χ0v) is 10.3. The van der Waals surface area contributed by atoms with Gasteiger partial charge in [0, 0.05) is 0 Å². The van der Waals surface area contributed by atoms with Crippen molar-refractivity contribution in [1.29, 1.82) is 0 Å². The molecule has 0 bridgehead atoms. The highest BCUT2D eigenvalue weighted by molar-refractivity contribution is 5.41. The normalized spacial score (nSPS) is 13.2. The summed E-state index contributed by atoms with van der Waals surface area (Å²) in [6.45, 7) is 9.01. The van der Waals surface area contributed by atoms with Gasteiger partial charge >= 0.3 is 0 Å². The van der Waals surface area contributed by atoms with Gasteiger partial charge in [0.05, 0.1) is 0 Å². The Morgan fingerprint density at radius 2 is 2.19 bits per heavy atom. The molecule has 0 spiro atoms. The van der Waals surface area contributed by atoms with Crippen LogP contribution in [0, 0.1) is 6.92 Å². The standard InChI is InChI=1S/C15H21N/c1-4-14(9-10-16)7-8-15-11-12(2)5-6-13(15)3/h5-8,11H,3-4,9-10,16H2,1-2H3/b14-7+,15-8-. The quantitative estimate of drug-likeness (QED) is 0.815. The summed E-state index contributed by atoms with van der Waals surface area (Å²) in [6.07, 6.45) is 6.36. The fourth-order valence-corrected chi connectivity index (χ4v) is 1.64. The summed E-state index contributed by atoms with van der Waals surface area (Å²) in [5, 5.41) is 2.27. The molecule has 0 heterocycles. The SMILES string of the molecule is C=c1ccc(C)c/c1=C/C=C(\CC)CCN. The van der Waals surface area contributed by atoms with E-state index in [9.17, 15) is 0 Å². The highest BCUT2D eigenvalue weighted by atomic mass is 14.5. The summed E-state index contributed by atoms with van der Waals surface area (Å²) in [4.78, 5) is 0. The molecule has 1 rings (SSSR count). The van der Waals surface area contributed by atoms with Crippen LogP contribution in [0.2, 0.25) is 0 Å². The summed E-state index contributed by atoms with van der Waals surface area (Å²) < 4.78 is 0. The molecule has 0 saturated heterocycles. The van der Waals surface area contributed by atoms with Crippen LogP contribution < -0.4 is 16.2 Å². The summed E-state index contributed by atoms with van der Waals surface area (Å²) in [7, 11) is 0. The summed E-state index contributed by atoms with van der Waals surface area (Å²) >= 11 is 0. The molecule has 0 aliphatic heterocycles. The highest BCUT2D eigenvalue weighted by Gasteiger charge is 1.90. The first-order chi connectivity index (χ1) is 7.67. The highest BCUT2D eigenvalue weighted by Crippen LogP contribution is 2.04. The molecular weight excluding hydrogens is 194 g/mol. The molecule has 86 valence electrons. The molecule has 1 aromatic rings. The van der Waals surface area contributed by atoms with Crippen molar-refractivity contribution < 1.29 is 0 Å². The Balaban J connectivity index is 3.07. The first-order valence-electron chi connectivity index (χ1n) is 5.82.